The molecule has 0 atom stereocenters. The molecule has 0 N–H and O–H groups in total. The number of carbonyl (C=O) groups excluding carboxylic acids is 1. The maximum atomic E-state index is 12.8. The van der Waals surface area contributed by atoms with Gasteiger partial charge in [-0.25, -0.2) is 4.79 Å². The number of hydrogen-bond acceptors (Lipinski definition) is 7. The molecule has 1 heterocycles. The van der Waals surface area contributed by atoms with Crippen LogP contribution in [0.2, 0.25) is 0 Å². The first-order valence-corrected chi connectivity index (χ1v) is 8.55. The zero-order valence-corrected chi connectivity index (χ0v) is 15.4. The maximum absolute atomic E-state index is 12.8. The average Bonchev–Trinajstić information content (AvgIpc) is 2.70. The molecular formula is C21H17NO6. The number of ether oxygens (including phenoxy) is 3. The van der Waals surface area contributed by atoms with Gasteiger partial charge in [0, 0.05) is 6.07 Å². The van der Waals surface area contributed by atoms with Crippen LogP contribution in [0.1, 0.15) is 23.0 Å². The smallest absolute Gasteiger partial charge is 0.338 e. The summed E-state index contributed by atoms with van der Waals surface area (Å²) in [6.07, 6.45) is 0. The minimum atomic E-state index is -0.426. The first-order valence-electron chi connectivity index (χ1n) is 8.55. The van der Waals surface area contributed by atoms with Gasteiger partial charge < -0.3 is 18.6 Å². The predicted octanol–water partition coefficient (Wildman–Crippen LogP) is 3.97. The van der Waals surface area contributed by atoms with Gasteiger partial charge in [0.15, 0.2) is 6.61 Å². The van der Waals surface area contributed by atoms with Gasteiger partial charge >= 0.3 is 5.97 Å². The van der Waals surface area contributed by atoms with E-state index in [1.54, 1.807) is 56.3 Å². The van der Waals surface area contributed by atoms with Gasteiger partial charge in [0.1, 0.15) is 28.9 Å². The van der Waals surface area contributed by atoms with Crippen LogP contribution in [-0.2, 0) is 4.74 Å². The van der Waals surface area contributed by atoms with Crippen LogP contribution in [0.15, 0.2) is 51.7 Å². The quantitative estimate of drug-likeness (QED) is 0.598. The van der Waals surface area contributed by atoms with E-state index in [-0.39, 0.29) is 24.4 Å². The molecule has 0 unspecified atom stereocenters. The van der Waals surface area contributed by atoms with Gasteiger partial charge in [-0.3, -0.25) is 4.79 Å². The lowest BCUT2D eigenvalue weighted by atomic mass is 10.2. The Labute approximate surface area is 160 Å². The number of fused-ring (bicyclic) bond motifs is 1. The molecule has 0 aliphatic carbocycles. The Morgan fingerprint density at radius 3 is 2.54 bits per heavy atom. The van der Waals surface area contributed by atoms with E-state index in [0.717, 1.165) is 0 Å². The van der Waals surface area contributed by atoms with Crippen LogP contribution in [0.5, 0.6) is 17.2 Å². The van der Waals surface area contributed by atoms with Crippen molar-refractivity contribution in [3.8, 4) is 23.3 Å². The van der Waals surface area contributed by atoms with E-state index in [2.05, 4.69) is 0 Å². The lowest BCUT2D eigenvalue weighted by Crippen LogP contribution is -2.08. The van der Waals surface area contributed by atoms with Gasteiger partial charge in [-0.1, -0.05) is 0 Å². The molecule has 0 fully saturated rings. The number of rotatable bonds is 6. The molecule has 142 valence electrons. The molecule has 0 amide bonds. The Morgan fingerprint density at radius 2 is 1.86 bits per heavy atom. The molecule has 1 aromatic heterocycles. The molecule has 0 spiro atoms. The topological polar surface area (TPSA) is 98.8 Å². The molecule has 0 aliphatic heterocycles. The summed E-state index contributed by atoms with van der Waals surface area (Å²) in [6.45, 7) is 3.54. The van der Waals surface area contributed by atoms with Crippen molar-refractivity contribution >= 4 is 16.9 Å². The SMILES string of the molecule is CCOC(=O)c1ccc(Oc2c(C)oc3cc(OCC#N)ccc3c2=O)cc1. The fourth-order valence-electron chi connectivity index (χ4n) is 2.58. The van der Waals surface area contributed by atoms with E-state index < -0.39 is 5.97 Å². The molecule has 28 heavy (non-hydrogen) atoms. The van der Waals surface area contributed by atoms with E-state index in [4.69, 9.17) is 23.9 Å². The Morgan fingerprint density at radius 1 is 1.14 bits per heavy atom. The predicted molar refractivity (Wildman–Crippen MR) is 101 cm³/mol. The standard InChI is InChI=1S/C21H17NO6/c1-3-25-21(24)14-4-6-15(7-5-14)28-20-13(2)27-18-12-16(26-11-10-22)8-9-17(18)19(20)23/h4-9,12H,3,11H2,1-2H3. The molecule has 7 heteroatoms. The second-order valence-corrected chi connectivity index (χ2v) is 5.77. The molecule has 0 bridgehead atoms. The Bertz CT molecular complexity index is 1110. The average molecular weight is 379 g/mol. The molecule has 0 radical (unpaired) electrons. The van der Waals surface area contributed by atoms with Crippen LogP contribution in [0.25, 0.3) is 11.0 Å². The highest BCUT2D eigenvalue weighted by molar-refractivity contribution is 5.89. The largest absolute Gasteiger partial charge is 0.479 e. The van der Waals surface area contributed by atoms with Crippen LogP contribution in [0.4, 0.5) is 0 Å². The van der Waals surface area contributed by atoms with Crippen molar-refractivity contribution in [1.82, 2.24) is 0 Å². The van der Waals surface area contributed by atoms with E-state index >= 15 is 0 Å². The first kappa shape index (κ1) is 19.0. The summed E-state index contributed by atoms with van der Waals surface area (Å²) in [5.74, 6) is 0.743. The van der Waals surface area contributed by atoms with Gasteiger partial charge in [0.2, 0.25) is 11.2 Å². The molecule has 7 nitrogen and oxygen atoms in total. The van der Waals surface area contributed by atoms with Crippen molar-refractivity contribution in [2.45, 2.75) is 13.8 Å². The maximum Gasteiger partial charge on any atom is 0.338 e. The first-order chi connectivity index (χ1) is 13.5. The third-order valence-electron chi connectivity index (χ3n) is 3.88. The second kappa shape index (κ2) is 8.27. The normalized spacial score (nSPS) is 10.3. The van der Waals surface area contributed by atoms with Crippen molar-refractivity contribution < 1.29 is 23.4 Å². The van der Waals surface area contributed by atoms with Crippen molar-refractivity contribution in [2.75, 3.05) is 13.2 Å². The molecule has 0 aliphatic rings. The number of aryl methyl sites for hydroxylation is 1. The van der Waals surface area contributed by atoms with E-state index in [0.29, 0.717) is 33.8 Å². The van der Waals surface area contributed by atoms with Gasteiger partial charge in [0.25, 0.3) is 0 Å². The summed E-state index contributed by atoms with van der Waals surface area (Å²) in [6, 6.07) is 12.9. The lowest BCUT2D eigenvalue weighted by molar-refractivity contribution is 0.0526. The number of esters is 1. The minimum Gasteiger partial charge on any atom is -0.479 e. The molecule has 3 rings (SSSR count). The number of benzene rings is 2. The van der Waals surface area contributed by atoms with Gasteiger partial charge in [-0.05, 0) is 50.2 Å². The van der Waals surface area contributed by atoms with E-state index in [1.165, 1.54) is 0 Å². The number of nitrogens with zero attached hydrogens (tertiary/aromatic N) is 1. The Balaban J connectivity index is 1.90. The van der Waals surface area contributed by atoms with Gasteiger partial charge in [-0.15, -0.1) is 0 Å². The summed E-state index contributed by atoms with van der Waals surface area (Å²) in [7, 11) is 0. The molecule has 0 saturated carbocycles. The monoisotopic (exact) mass is 379 g/mol. The fourth-order valence-corrected chi connectivity index (χ4v) is 2.58. The number of carbonyl (C=O) groups is 1. The number of hydrogen-bond donors (Lipinski definition) is 0. The summed E-state index contributed by atoms with van der Waals surface area (Å²) in [5.41, 5.74) is 0.393. The lowest BCUT2D eigenvalue weighted by Gasteiger charge is -2.10. The zero-order chi connectivity index (χ0) is 20.1. The third-order valence-corrected chi connectivity index (χ3v) is 3.88. The molecular weight excluding hydrogens is 362 g/mol. The van der Waals surface area contributed by atoms with Crippen molar-refractivity contribution in [2.24, 2.45) is 0 Å². The van der Waals surface area contributed by atoms with Crippen molar-refractivity contribution in [1.29, 1.82) is 5.26 Å². The number of nitriles is 1. The zero-order valence-electron chi connectivity index (χ0n) is 15.4. The molecule has 0 saturated heterocycles. The summed E-state index contributed by atoms with van der Waals surface area (Å²) in [4.78, 5) is 24.5. The van der Waals surface area contributed by atoms with Crippen LogP contribution in [0, 0.1) is 18.3 Å². The van der Waals surface area contributed by atoms with Crippen LogP contribution >= 0.6 is 0 Å². The summed E-state index contributed by atoms with van der Waals surface area (Å²) < 4.78 is 21.6. The van der Waals surface area contributed by atoms with E-state index in [1.807, 2.05) is 6.07 Å². The summed E-state index contributed by atoms with van der Waals surface area (Å²) >= 11 is 0. The van der Waals surface area contributed by atoms with Crippen molar-refractivity contribution in [3.05, 3.63) is 64.0 Å². The Kier molecular flexibility index (Phi) is 5.61. The highest BCUT2D eigenvalue weighted by Gasteiger charge is 2.15. The van der Waals surface area contributed by atoms with E-state index in [9.17, 15) is 9.59 Å². The Hall–Kier alpha value is -3.79. The van der Waals surface area contributed by atoms with Crippen LogP contribution in [-0.4, -0.2) is 19.2 Å². The van der Waals surface area contributed by atoms with Crippen LogP contribution in [0.3, 0.4) is 0 Å². The van der Waals surface area contributed by atoms with Gasteiger partial charge in [-0.2, -0.15) is 5.26 Å². The highest BCUT2D eigenvalue weighted by atomic mass is 16.5. The molecule has 3 aromatic rings. The van der Waals surface area contributed by atoms with Crippen LogP contribution < -0.4 is 14.9 Å². The minimum absolute atomic E-state index is 0.0575. The summed E-state index contributed by atoms with van der Waals surface area (Å²) in [5, 5.41) is 8.92. The van der Waals surface area contributed by atoms with Gasteiger partial charge in [0.05, 0.1) is 17.6 Å². The second-order valence-electron chi connectivity index (χ2n) is 5.77. The fraction of sp³-hybridized carbons (Fsp3) is 0.190. The third kappa shape index (κ3) is 3.96. The van der Waals surface area contributed by atoms with Crippen molar-refractivity contribution in [3.63, 3.8) is 0 Å². The molecule has 2 aromatic carbocycles. The highest BCUT2D eigenvalue weighted by Crippen LogP contribution is 2.27.